The highest BCUT2D eigenvalue weighted by Crippen LogP contribution is 2.23. The molecule has 10 heteroatoms. The smallest absolute Gasteiger partial charge is 0.339 e. The van der Waals surface area contributed by atoms with E-state index in [0.717, 1.165) is 0 Å². The zero-order chi connectivity index (χ0) is 22.4. The van der Waals surface area contributed by atoms with E-state index in [1.54, 1.807) is 12.1 Å². The summed E-state index contributed by atoms with van der Waals surface area (Å²) in [5.41, 5.74) is 3.15. The van der Waals surface area contributed by atoms with Gasteiger partial charge in [-0.2, -0.15) is 13.5 Å². The first kappa shape index (κ1) is 22.6. The number of halogens is 2. The molecule has 1 amide bonds. The van der Waals surface area contributed by atoms with Gasteiger partial charge in [0.1, 0.15) is 16.4 Å². The molecule has 0 atom stereocenters. The highest BCUT2D eigenvalue weighted by atomic mass is 35.5. The van der Waals surface area contributed by atoms with Crippen molar-refractivity contribution in [3.8, 4) is 11.5 Å². The molecule has 0 aliphatic carbocycles. The molecule has 1 N–H and O–H groups in total. The van der Waals surface area contributed by atoms with Gasteiger partial charge in [-0.05, 0) is 60.2 Å². The lowest BCUT2D eigenvalue weighted by Crippen LogP contribution is -2.17. The van der Waals surface area contributed by atoms with Gasteiger partial charge in [0.2, 0.25) is 0 Å². The standard InChI is InChI=1S/C21H16Cl2N2O5S/c1-29-16-6-8-18(9-7-16)31(27,28)30-17-4-2-3-14(11-17)13-24-25-21(26)15-5-10-19(22)20(23)12-15/h2-13H,1H3,(H,25,26)/b24-13-. The van der Waals surface area contributed by atoms with Crippen LogP contribution in [0.5, 0.6) is 11.5 Å². The second-order valence-corrected chi connectivity index (χ2v) is 8.47. The van der Waals surface area contributed by atoms with Crippen molar-refractivity contribution in [2.45, 2.75) is 4.90 Å². The van der Waals surface area contributed by atoms with E-state index in [1.807, 2.05) is 0 Å². The summed E-state index contributed by atoms with van der Waals surface area (Å²) in [6.07, 6.45) is 1.35. The van der Waals surface area contributed by atoms with Crippen LogP contribution in [0, 0.1) is 0 Å². The van der Waals surface area contributed by atoms with Crippen LogP contribution in [0.1, 0.15) is 15.9 Å². The normalized spacial score (nSPS) is 11.3. The molecule has 3 aromatic rings. The number of methoxy groups -OCH3 is 1. The summed E-state index contributed by atoms with van der Waals surface area (Å²) in [4.78, 5) is 12.1. The first-order chi connectivity index (χ1) is 14.8. The molecule has 3 aromatic carbocycles. The minimum atomic E-state index is -4.03. The first-order valence-electron chi connectivity index (χ1n) is 8.75. The minimum absolute atomic E-state index is 0.0127. The third kappa shape index (κ3) is 5.97. The predicted octanol–water partition coefficient (Wildman–Crippen LogP) is 4.53. The molecule has 0 aliphatic heterocycles. The van der Waals surface area contributed by atoms with Crippen molar-refractivity contribution < 1.29 is 22.1 Å². The van der Waals surface area contributed by atoms with E-state index in [4.69, 9.17) is 32.1 Å². The van der Waals surface area contributed by atoms with Crippen molar-refractivity contribution in [2.75, 3.05) is 7.11 Å². The van der Waals surface area contributed by atoms with Gasteiger partial charge in [0.25, 0.3) is 5.91 Å². The molecule has 0 saturated heterocycles. The van der Waals surface area contributed by atoms with E-state index >= 15 is 0 Å². The maximum atomic E-state index is 12.5. The monoisotopic (exact) mass is 478 g/mol. The molecule has 0 aliphatic rings. The summed E-state index contributed by atoms with van der Waals surface area (Å²) in [6.45, 7) is 0. The van der Waals surface area contributed by atoms with E-state index in [-0.39, 0.29) is 21.2 Å². The fourth-order valence-corrected chi connectivity index (χ4v) is 3.65. The number of hydrogen-bond acceptors (Lipinski definition) is 6. The Labute approximate surface area is 189 Å². The number of ether oxygens (including phenoxy) is 1. The van der Waals surface area contributed by atoms with Crippen LogP contribution in [0.2, 0.25) is 10.0 Å². The maximum absolute atomic E-state index is 12.5. The molecule has 0 unspecified atom stereocenters. The Morgan fingerprint density at radius 1 is 0.968 bits per heavy atom. The largest absolute Gasteiger partial charge is 0.497 e. The summed E-state index contributed by atoms with van der Waals surface area (Å²) in [7, 11) is -2.54. The third-order valence-corrected chi connectivity index (χ3v) is 5.97. The van der Waals surface area contributed by atoms with Crippen LogP contribution in [-0.4, -0.2) is 27.6 Å². The molecule has 0 aromatic heterocycles. The van der Waals surface area contributed by atoms with Crippen LogP contribution < -0.4 is 14.3 Å². The number of carbonyl (C=O) groups is 1. The Bertz CT molecular complexity index is 1230. The Kier molecular flexibility index (Phi) is 7.17. The van der Waals surface area contributed by atoms with Crippen LogP contribution >= 0.6 is 23.2 Å². The molecular formula is C21H16Cl2N2O5S. The number of benzene rings is 3. The average Bonchev–Trinajstić information content (AvgIpc) is 2.75. The van der Waals surface area contributed by atoms with Crippen LogP contribution in [0.25, 0.3) is 0 Å². The Balaban J connectivity index is 1.67. The lowest BCUT2D eigenvalue weighted by molar-refractivity contribution is 0.0955. The van der Waals surface area contributed by atoms with Crippen molar-refractivity contribution in [3.05, 3.63) is 87.9 Å². The first-order valence-corrected chi connectivity index (χ1v) is 10.9. The second kappa shape index (κ2) is 9.82. The van der Waals surface area contributed by atoms with Gasteiger partial charge in [0, 0.05) is 5.56 Å². The van der Waals surface area contributed by atoms with Crippen molar-refractivity contribution in [2.24, 2.45) is 5.10 Å². The number of nitrogens with zero attached hydrogens (tertiary/aromatic N) is 1. The van der Waals surface area contributed by atoms with Gasteiger partial charge in [-0.15, -0.1) is 0 Å². The second-order valence-electron chi connectivity index (χ2n) is 6.11. The van der Waals surface area contributed by atoms with E-state index < -0.39 is 16.0 Å². The Morgan fingerprint density at radius 3 is 2.39 bits per heavy atom. The van der Waals surface area contributed by atoms with Gasteiger partial charge < -0.3 is 8.92 Å². The quantitative estimate of drug-likeness (QED) is 0.305. The van der Waals surface area contributed by atoms with Crippen molar-refractivity contribution in [1.29, 1.82) is 0 Å². The fourth-order valence-electron chi connectivity index (χ4n) is 2.43. The third-order valence-electron chi connectivity index (χ3n) is 3.97. The minimum Gasteiger partial charge on any atom is -0.497 e. The molecule has 0 spiro atoms. The average molecular weight is 479 g/mol. The number of nitrogens with one attached hydrogen (secondary N) is 1. The van der Waals surface area contributed by atoms with Crippen molar-refractivity contribution in [3.63, 3.8) is 0 Å². The van der Waals surface area contributed by atoms with Crippen LogP contribution in [0.3, 0.4) is 0 Å². The highest BCUT2D eigenvalue weighted by molar-refractivity contribution is 7.87. The maximum Gasteiger partial charge on any atom is 0.339 e. The number of amides is 1. The van der Waals surface area contributed by atoms with Crippen molar-refractivity contribution >= 4 is 45.4 Å². The van der Waals surface area contributed by atoms with Gasteiger partial charge >= 0.3 is 10.1 Å². The summed E-state index contributed by atoms with van der Waals surface area (Å²) >= 11 is 11.7. The van der Waals surface area contributed by atoms with Crippen LogP contribution in [0.15, 0.2) is 76.7 Å². The molecule has 0 bridgehead atoms. The number of rotatable bonds is 7. The molecule has 3 rings (SSSR count). The molecule has 0 heterocycles. The molecule has 0 radical (unpaired) electrons. The zero-order valence-electron chi connectivity index (χ0n) is 16.1. The summed E-state index contributed by atoms with van der Waals surface area (Å²) in [5.74, 6) is 0.139. The van der Waals surface area contributed by atoms with E-state index in [0.29, 0.717) is 16.3 Å². The van der Waals surface area contributed by atoms with Gasteiger partial charge in [-0.1, -0.05) is 35.3 Å². The number of hydrazone groups is 1. The summed E-state index contributed by atoms with van der Waals surface area (Å²) < 4.78 is 35.1. The van der Waals surface area contributed by atoms with Gasteiger partial charge in [-0.25, -0.2) is 5.43 Å². The topological polar surface area (TPSA) is 94.1 Å². The molecule has 7 nitrogen and oxygen atoms in total. The molecule has 0 saturated carbocycles. The molecule has 160 valence electrons. The zero-order valence-corrected chi connectivity index (χ0v) is 18.4. The molecule has 0 fully saturated rings. The van der Waals surface area contributed by atoms with E-state index in [1.165, 1.54) is 67.9 Å². The molecular weight excluding hydrogens is 463 g/mol. The Morgan fingerprint density at radius 2 is 1.71 bits per heavy atom. The lowest BCUT2D eigenvalue weighted by Gasteiger charge is -2.08. The van der Waals surface area contributed by atoms with Crippen LogP contribution in [0.4, 0.5) is 0 Å². The van der Waals surface area contributed by atoms with E-state index in [9.17, 15) is 13.2 Å². The van der Waals surface area contributed by atoms with E-state index in [2.05, 4.69) is 10.5 Å². The SMILES string of the molecule is COc1ccc(S(=O)(=O)Oc2cccc(/C=N\NC(=O)c3ccc(Cl)c(Cl)c3)c2)cc1. The van der Waals surface area contributed by atoms with Gasteiger partial charge in [-0.3, -0.25) is 4.79 Å². The fraction of sp³-hybridized carbons (Fsp3) is 0.0476. The highest BCUT2D eigenvalue weighted by Gasteiger charge is 2.17. The number of carbonyl (C=O) groups excluding carboxylic acids is 1. The molecule has 31 heavy (non-hydrogen) atoms. The van der Waals surface area contributed by atoms with Crippen molar-refractivity contribution in [1.82, 2.24) is 5.43 Å². The van der Waals surface area contributed by atoms with Gasteiger partial charge in [0.05, 0.1) is 23.4 Å². The summed E-state index contributed by atoms with van der Waals surface area (Å²) in [6, 6.07) is 16.5. The van der Waals surface area contributed by atoms with Crippen LogP contribution in [-0.2, 0) is 10.1 Å². The Hall–Kier alpha value is -3.07. The number of hydrogen-bond donors (Lipinski definition) is 1. The van der Waals surface area contributed by atoms with Gasteiger partial charge in [0.15, 0.2) is 0 Å². The predicted molar refractivity (Wildman–Crippen MR) is 119 cm³/mol. The lowest BCUT2D eigenvalue weighted by atomic mass is 10.2. The summed E-state index contributed by atoms with van der Waals surface area (Å²) in [5, 5.41) is 4.45.